The maximum Gasteiger partial charge on any atom is 0.248 e. The van der Waals surface area contributed by atoms with Crippen molar-refractivity contribution in [3.05, 3.63) is 0 Å². The second kappa shape index (κ2) is 5.61. The van der Waals surface area contributed by atoms with Gasteiger partial charge in [0.25, 0.3) is 0 Å². The number of ether oxygens (including phenoxy) is 1. The molecule has 0 bridgehead atoms. The van der Waals surface area contributed by atoms with E-state index in [2.05, 4.69) is 5.32 Å². The van der Waals surface area contributed by atoms with Crippen LogP contribution in [0.15, 0.2) is 0 Å². The first-order valence-electron chi connectivity index (χ1n) is 6.73. The lowest BCUT2D eigenvalue weighted by Crippen LogP contribution is -2.42. The molecule has 1 saturated carbocycles. The van der Waals surface area contributed by atoms with Gasteiger partial charge in [0.05, 0.1) is 6.61 Å². The van der Waals surface area contributed by atoms with Crippen molar-refractivity contribution in [1.29, 1.82) is 0 Å². The molecule has 0 aromatic rings. The number of alkyl halides is 2. The van der Waals surface area contributed by atoms with Crippen molar-refractivity contribution >= 4 is 0 Å². The summed E-state index contributed by atoms with van der Waals surface area (Å²) in [6.07, 6.45) is 3.70. The fraction of sp³-hybridized carbons (Fsp3) is 1.00. The van der Waals surface area contributed by atoms with E-state index in [1.807, 2.05) is 7.05 Å². The molecular weight excluding hydrogens is 224 g/mol. The zero-order valence-electron chi connectivity index (χ0n) is 10.6. The van der Waals surface area contributed by atoms with Gasteiger partial charge in [0.1, 0.15) is 0 Å². The minimum Gasteiger partial charge on any atom is -0.381 e. The zero-order valence-corrected chi connectivity index (χ0v) is 10.6. The van der Waals surface area contributed by atoms with Crippen LogP contribution in [0.4, 0.5) is 8.78 Å². The Labute approximate surface area is 102 Å². The molecule has 1 saturated heterocycles. The summed E-state index contributed by atoms with van der Waals surface area (Å²) < 4.78 is 32.2. The van der Waals surface area contributed by atoms with Gasteiger partial charge in [0.15, 0.2) is 0 Å². The quantitative estimate of drug-likeness (QED) is 0.828. The summed E-state index contributed by atoms with van der Waals surface area (Å²) >= 11 is 0. The van der Waals surface area contributed by atoms with E-state index in [1.54, 1.807) is 0 Å². The third-order valence-electron chi connectivity index (χ3n) is 4.22. The van der Waals surface area contributed by atoms with E-state index in [1.165, 1.54) is 0 Å². The van der Waals surface area contributed by atoms with E-state index in [0.29, 0.717) is 18.4 Å². The summed E-state index contributed by atoms with van der Waals surface area (Å²) in [6.45, 7) is 1.52. The fourth-order valence-corrected chi connectivity index (χ4v) is 3.31. The fourth-order valence-electron chi connectivity index (χ4n) is 3.31. The predicted octanol–water partition coefficient (Wildman–Crippen LogP) is 2.83. The maximum atomic E-state index is 13.3. The van der Waals surface area contributed by atoms with Crippen LogP contribution in [-0.4, -0.2) is 32.2 Å². The summed E-state index contributed by atoms with van der Waals surface area (Å²) in [5, 5.41) is 3.30. The van der Waals surface area contributed by atoms with E-state index in [9.17, 15) is 8.78 Å². The Morgan fingerprint density at radius 3 is 2.88 bits per heavy atom. The van der Waals surface area contributed by atoms with Gasteiger partial charge in [-0.1, -0.05) is 6.42 Å². The van der Waals surface area contributed by atoms with Gasteiger partial charge in [-0.15, -0.1) is 0 Å². The molecule has 0 aromatic carbocycles. The maximum absolute atomic E-state index is 13.3. The average molecular weight is 247 g/mol. The zero-order chi connectivity index (χ0) is 12.3. The number of rotatable bonds is 3. The lowest BCUT2D eigenvalue weighted by molar-refractivity contribution is -0.0617. The van der Waals surface area contributed by atoms with Crippen LogP contribution >= 0.6 is 0 Å². The predicted molar refractivity (Wildman–Crippen MR) is 63.3 cm³/mol. The molecule has 1 N–H and O–H groups in total. The third-order valence-corrected chi connectivity index (χ3v) is 4.22. The standard InChI is InChI=1S/C13H23F2NO/c1-16-12-4-6-17-9-11(12)7-10-3-2-5-13(14,15)8-10/h10-12,16H,2-9H2,1H3. The lowest BCUT2D eigenvalue weighted by Gasteiger charge is -2.36. The second-order valence-corrected chi connectivity index (χ2v) is 5.57. The molecule has 3 unspecified atom stereocenters. The van der Waals surface area contributed by atoms with Crippen molar-refractivity contribution < 1.29 is 13.5 Å². The van der Waals surface area contributed by atoms with Crippen LogP contribution in [0.3, 0.4) is 0 Å². The van der Waals surface area contributed by atoms with Crippen LogP contribution in [-0.2, 0) is 4.74 Å². The molecule has 0 spiro atoms. The monoisotopic (exact) mass is 247 g/mol. The Morgan fingerprint density at radius 2 is 2.18 bits per heavy atom. The summed E-state index contributed by atoms with van der Waals surface area (Å²) in [4.78, 5) is 0. The summed E-state index contributed by atoms with van der Waals surface area (Å²) in [5.41, 5.74) is 0. The van der Waals surface area contributed by atoms with Gasteiger partial charge in [0, 0.05) is 25.5 Å². The molecule has 100 valence electrons. The molecule has 2 rings (SSSR count). The van der Waals surface area contributed by atoms with Crippen molar-refractivity contribution in [3.63, 3.8) is 0 Å². The highest BCUT2D eigenvalue weighted by Crippen LogP contribution is 2.40. The van der Waals surface area contributed by atoms with Crippen molar-refractivity contribution in [2.45, 2.75) is 50.5 Å². The Hall–Kier alpha value is -0.220. The molecule has 0 amide bonds. The largest absolute Gasteiger partial charge is 0.381 e. The molecule has 4 heteroatoms. The van der Waals surface area contributed by atoms with E-state index in [0.717, 1.165) is 32.5 Å². The van der Waals surface area contributed by atoms with Crippen molar-refractivity contribution in [2.75, 3.05) is 20.3 Å². The number of halogens is 2. The van der Waals surface area contributed by atoms with Crippen LogP contribution in [0.5, 0.6) is 0 Å². The SMILES string of the molecule is CNC1CCOCC1CC1CCCC(F)(F)C1. The molecule has 0 aromatic heterocycles. The summed E-state index contributed by atoms with van der Waals surface area (Å²) in [7, 11) is 1.96. The van der Waals surface area contributed by atoms with E-state index < -0.39 is 5.92 Å². The average Bonchev–Trinajstić information content (AvgIpc) is 2.28. The first-order chi connectivity index (χ1) is 8.11. The summed E-state index contributed by atoms with van der Waals surface area (Å²) in [5.74, 6) is -1.83. The molecule has 2 nitrogen and oxygen atoms in total. The van der Waals surface area contributed by atoms with E-state index in [-0.39, 0.29) is 18.8 Å². The molecular formula is C13H23F2NO. The van der Waals surface area contributed by atoms with E-state index in [4.69, 9.17) is 4.74 Å². The second-order valence-electron chi connectivity index (χ2n) is 5.57. The molecule has 1 aliphatic carbocycles. The minimum atomic E-state index is -2.42. The van der Waals surface area contributed by atoms with E-state index >= 15 is 0 Å². The number of nitrogens with one attached hydrogen (secondary N) is 1. The molecule has 1 heterocycles. The minimum absolute atomic E-state index is 0.0833. The highest BCUT2D eigenvalue weighted by atomic mass is 19.3. The van der Waals surface area contributed by atoms with Crippen LogP contribution in [0.25, 0.3) is 0 Å². The van der Waals surface area contributed by atoms with Crippen LogP contribution in [0, 0.1) is 11.8 Å². The third kappa shape index (κ3) is 3.62. The van der Waals surface area contributed by atoms with Crippen LogP contribution < -0.4 is 5.32 Å². The Bertz CT molecular complexity index is 248. The molecule has 3 atom stereocenters. The topological polar surface area (TPSA) is 21.3 Å². The molecule has 0 radical (unpaired) electrons. The van der Waals surface area contributed by atoms with Gasteiger partial charge in [-0.3, -0.25) is 0 Å². The van der Waals surface area contributed by atoms with Crippen molar-refractivity contribution in [2.24, 2.45) is 11.8 Å². The Kier molecular flexibility index (Phi) is 4.36. The molecule has 2 aliphatic rings. The van der Waals surface area contributed by atoms with Crippen LogP contribution in [0.2, 0.25) is 0 Å². The van der Waals surface area contributed by atoms with Crippen molar-refractivity contribution in [3.8, 4) is 0 Å². The normalized spacial score (nSPS) is 37.9. The van der Waals surface area contributed by atoms with Crippen molar-refractivity contribution in [1.82, 2.24) is 5.32 Å². The number of hydrogen-bond donors (Lipinski definition) is 1. The molecule has 1 aliphatic heterocycles. The highest BCUT2D eigenvalue weighted by Gasteiger charge is 2.38. The number of hydrogen-bond acceptors (Lipinski definition) is 2. The summed E-state index contributed by atoms with van der Waals surface area (Å²) in [6, 6.07) is 0.444. The van der Waals surface area contributed by atoms with Gasteiger partial charge in [-0.05, 0) is 38.1 Å². The molecule has 17 heavy (non-hydrogen) atoms. The van der Waals surface area contributed by atoms with Gasteiger partial charge in [0.2, 0.25) is 5.92 Å². The first kappa shape index (κ1) is 13.2. The highest BCUT2D eigenvalue weighted by molar-refractivity contribution is 4.85. The van der Waals surface area contributed by atoms with Gasteiger partial charge in [-0.25, -0.2) is 8.78 Å². The lowest BCUT2D eigenvalue weighted by atomic mass is 9.78. The Balaban J connectivity index is 1.86. The molecule has 2 fully saturated rings. The van der Waals surface area contributed by atoms with Gasteiger partial charge < -0.3 is 10.1 Å². The van der Waals surface area contributed by atoms with Gasteiger partial charge >= 0.3 is 0 Å². The van der Waals surface area contributed by atoms with Crippen LogP contribution in [0.1, 0.15) is 38.5 Å². The van der Waals surface area contributed by atoms with Gasteiger partial charge in [-0.2, -0.15) is 0 Å². The smallest absolute Gasteiger partial charge is 0.248 e. The Morgan fingerprint density at radius 1 is 1.35 bits per heavy atom. The first-order valence-corrected chi connectivity index (χ1v) is 6.73.